The molecule has 4 nitrogen and oxygen atoms in total. The molecule has 0 bridgehead atoms. The third-order valence-corrected chi connectivity index (χ3v) is 1.11. The summed E-state index contributed by atoms with van der Waals surface area (Å²) >= 11 is 4.50. The van der Waals surface area contributed by atoms with E-state index in [1.165, 1.54) is 12.8 Å². The quantitative estimate of drug-likeness (QED) is 0.418. The molecule has 0 aliphatic carbocycles. The first-order valence-corrected chi connectivity index (χ1v) is 4.92. The van der Waals surface area contributed by atoms with E-state index < -0.39 is 0 Å². The van der Waals surface area contributed by atoms with Gasteiger partial charge in [0, 0.05) is 0 Å². The summed E-state index contributed by atoms with van der Waals surface area (Å²) in [7, 11) is -0.333. The van der Waals surface area contributed by atoms with Crippen LogP contribution in [0.3, 0.4) is 0 Å². The van der Waals surface area contributed by atoms with Crippen molar-refractivity contribution in [3.8, 4) is 0 Å². The number of hydrogen-bond acceptors (Lipinski definition) is 3. The van der Waals surface area contributed by atoms with Crippen LogP contribution < -0.4 is 11.2 Å². The van der Waals surface area contributed by atoms with Crippen LogP contribution in [-0.2, 0) is 9.30 Å². The smallest absolute Gasteiger partial charge is 0.253 e. The molecule has 0 saturated carbocycles. The Morgan fingerprint density at radius 2 is 2.08 bits per heavy atom. The lowest BCUT2D eigenvalue weighted by Crippen LogP contribution is -2.13. The highest BCUT2D eigenvalue weighted by Crippen LogP contribution is 1.93. The number of thiocarbonyl (C=S) groups is 1. The molecule has 0 aromatic heterocycles. The second-order valence-corrected chi connectivity index (χ2v) is 2.59. The minimum Gasteiger partial charge on any atom is -0.471 e. The van der Waals surface area contributed by atoms with E-state index in [9.17, 15) is 0 Å². The average Bonchev–Trinajstić information content (AvgIpc) is 1.99. The summed E-state index contributed by atoms with van der Waals surface area (Å²) < 4.78 is 13.5. The molecule has 0 heterocycles. The van der Waals surface area contributed by atoms with Crippen molar-refractivity contribution in [1.82, 2.24) is 0 Å². The van der Waals surface area contributed by atoms with Gasteiger partial charge in [0.05, 0.1) is 6.61 Å². The topological polar surface area (TPSA) is 78.3 Å². The number of rotatable bonds is 4. The van der Waals surface area contributed by atoms with Gasteiger partial charge in [0.15, 0.2) is 0 Å². The van der Waals surface area contributed by atoms with E-state index in [1.54, 1.807) is 0 Å². The van der Waals surface area contributed by atoms with Gasteiger partial charge in [-0.15, -0.1) is 0 Å². The molecule has 72 valence electrons. The molecule has 12 heavy (non-hydrogen) atoms. The van der Waals surface area contributed by atoms with Gasteiger partial charge in [0.25, 0.3) is 5.17 Å². The van der Waals surface area contributed by atoms with Crippen LogP contribution >= 0.6 is 20.8 Å². The molecule has 0 aliphatic heterocycles. The predicted molar refractivity (Wildman–Crippen MR) is 54.1 cm³/mol. The first-order chi connectivity index (χ1) is 5.68. The molecular weight excluding hydrogens is 195 g/mol. The molecular formula is C6H15N2O2PS. The fourth-order valence-electron chi connectivity index (χ4n) is 0.525. The first-order valence-electron chi connectivity index (χ1n) is 3.63. The van der Waals surface area contributed by atoms with Gasteiger partial charge >= 0.3 is 0 Å². The van der Waals surface area contributed by atoms with Crippen molar-refractivity contribution >= 4 is 26.0 Å². The number of hydrogen-bond donors (Lipinski definition) is 2. The summed E-state index contributed by atoms with van der Waals surface area (Å²) in [6.07, 6.45) is 3.43. The van der Waals surface area contributed by atoms with Crippen molar-refractivity contribution in [1.29, 1.82) is 0 Å². The van der Waals surface area contributed by atoms with E-state index in [0.717, 1.165) is 6.42 Å². The van der Waals surface area contributed by atoms with Crippen LogP contribution in [0.25, 0.3) is 0 Å². The largest absolute Gasteiger partial charge is 0.471 e. The second kappa shape index (κ2) is 13.3. The molecule has 4 N–H and O–H groups in total. The molecule has 0 aromatic carbocycles. The van der Waals surface area contributed by atoms with Crippen molar-refractivity contribution in [2.24, 2.45) is 11.2 Å². The van der Waals surface area contributed by atoms with Crippen LogP contribution in [0.15, 0.2) is 0 Å². The van der Waals surface area contributed by atoms with Gasteiger partial charge in [0.1, 0.15) is 0 Å². The highest BCUT2D eigenvalue weighted by molar-refractivity contribution is 7.80. The van der Waals surface area contributed by atoms with Crippen LogP contribution in [0.5, 0.6) is 0 Å². The summed E-state index contributed by atoms with van der Waals surface area (Å²) in [4.78, 5) is 0. The van der Waals surface area contributed by atoms with Crippen molar-refractivity contribution in [3.05, 3.63) is 0 Å². The number of unbranched alkanes of at least 4 members (excludes halogenated alkanes) is 2. The van der Waals surface area contributed by atoms with Crippen LogP contribution in [0.1, 0.15) is 26.2 Å². The second-order valence-electron chi connectivity index (χ2n) is 1.98. The van der Waals surface area contributed by atoms with Gasteiger partial charge in [-0.05, 0) is 18.6 Å². The van der Waals surface area contributed by atoms with Crippen molar-refractivity contribution < 1.29 is 9.30 Å². The minimum absolute atomic E-state index is 0.158. The molecule has 0 fully saturated rings. The van der Waals surface area contributed by atoms with E-state index in [0.29, 0.717) is 6.61 Å². The average molecular weight is 210 g/mol. The zero-order chi connectivity index (χ0) is 9.82. The van der Waals surface area contributed by atoms with E-state index in [-0.39, 0.29) is 13.8 Å². The third kappa shape index (κ3) is 22.6. The SMILES string of the molecule is CCCCCOC(N)=S.NP=O. The summed E-state index contributed by atoms with van der Waals surface area (Å²) in [6, 6.07) is 0. The predicted octanol–water partition coefficient (Wildman–Crippen LogP) is 1.59. The first kappa shape index (κ1) is 14.3. The highest BCUT2D eigenvalue weighted by atomic mass is 32.1. The molecule has 0 unspecified atom stereocenters. The van der Waals surface area contributed by atoms with Crippen molar-refractivity contribution in [2.75, 3.05) is 6.61 Å². The van der Waals surface area contributed by atoms with Crippen LogP contribution in [-0.4, -0.2) is 11.8 Å². The van der Waals surface area contributed by atoms with Gasteiger partial charge in [-0.2, -0.15) is 0 Å². The maximum atomic E-state index is 8.68. The number of ether oxygens (including phenoxy) is 1. The molecule has 0 aromatic rings. The lowest BCUT2D eigenvalue weighted by Gasteiger charge is -2.00. The Kier molecular flexibility index (Phi) is 15.9. The molecule has 0 radical (unpaired) electrons. The van der Waals surface area contributed by atoms with E-state index in [1.807, 2.05) is 0 Å². The Hall–Kier alpha value is -0.250. The van der Waals surface area contributed by atoms with Gasteiger partial charge < -0.3 is 10.5 Å². The van der Waals surface area contributed by atoms with Crippen molar-refractivity contribution in [3.63, 3.8) is 0 Å². The monoisotopic (exact) mass is 210 g/mol. The van der Waals surface area contributed by atoms with Crippen LogP contribution in [0, 0.1) is 0 Å². The summed E-state index contributed by atoms with van der Waals surface area (Å²) in [5.74, 6) is 0. The van der Waals surface area contributed by atoms with E-state index in [4.69, 9.17) is 15.0 Å². The molecule has 0 atom stereocenters. The van der Waals surface area contributed by atoms with Gasteiger partial charge in [0.2, 0.25) is 8.61 Å². The lowest BCUT2D eigenvalue weighted by molar-refractivity contribution is 0.297. The maximum absolute atomic E-state index is 8.68. The zero-order valence-electron chi connectivity index (χ0n) is 7.16. The molecule has 0 aliphatic rings. The third-order valence-electron chi connectivity index (χ3n) is 0.992. The van der Waals surface area contributed by atoms with Gasteiger partial charge in [-0.1, -0.05) is 19.8 Å². The summed E-state index contributed by atoms with van der Waals surface area (Å²) in [5.41, 5.74) is 9.35. The summed E-state index contributed by atoms with van der Waals surface area (Å²) in [6.45, 7) is 2.81. The fraction of sp³-hybridized carbons (Fsp3) is 0.833. The molecule has 6 heteroatoms. The van der Waals surface area contributed by atoms with E-state index >= 15 is 0 Å². The molecule has 0 rings (SSSR count). The molecule has 0 spiro atoms. The van der Waals surface area contributed by atoms with Crippen LogP contribution in [0.4, 0.5) is 0 Å². The van der Waals surface area contributed by atoms with Gasteiger partial charge in [-0.25, -0.2) is 0 Å². The summed E-state index contributed by atoms with van der Waals surface area (Å²) in [5, 5.41) is 0.158. The molecule has 0 amide bonds. The normalized spacial score (nSPS) is 8.50. The molecule has 0 saturated heterocycles. The maximum Gasteiger partial charge on any atom is 0.253 e. The Bertz CT molecular complexity index is 124. The van der Waals surface area contributed by atoms with E-state index in [2.05, 4.69) is 24.6 Å². The Balaban J connectivity index is 0. The van der Waals surface area contributed by atoms with Crippen molar-refractivity contribution in [2.45, 2.75) is 26.2 Å². The zero-order valence-corrected chi connectivity index (χ0v) is 8.87. The lowest BCUT2D eigenvalue weighted by atomic mass is 10.3. The van der Waals surface area contributed by atoms with Crippen LogP contribution in [0.2, 0.25) is 0 Å². The Morgan fingerprint density at radius 3 is 2.42 bits per heavy atom. The standard InChI is InChI=1S/C6H13NOS.H2NOP/c1-2-3-4-5-8-6(7)9;1-3-2/h2-5H2,1H3,(H2,7,9);(H2,1,2). The highest BCUT2D eigenvalue weighted by Gasteiger charge is 1.87. The Labute approximate surface area is 79.9 Å². The Morgan fingerprint density at radius 1 is 1.58 bits per heavy atom. The van der Waals surface area contributed by atoms with Gasteiger partial charge in [-0.3, -0.25) is 10.1 Å². The minimum atomic E-state index is -0.333. The number of nitrogens with two attached hydrogens (primary N) is 2. The fourth-order valence-corrected chi connectivity index (χ4v) is 0.608.